The summed E-state index contributed by atoms with van der Waals surface area (Å²) in [6.07, 6.45) is 0. The molecule has 16 heavy (non-hydrogen) atoms. The Morgan fingerprint density at radius 3 is 2.06 bits per heavy atom. The summed E-state index contributed by atoms with van der Waals surface area (Å²) in [7, 11) is 1.80. The highest BCUT2D eigenvalue weighted by molar-refractivity contribution is 5.99. The SMILES string of the molecule is CNC(C)C(=O)c1ccc(C(C)(C)C)cc1. The quantitative estimate of drug-likeness (QED) is 0.792. The topological polar surface area (TPSA) is 29.1 Å². The van der Waals surface area contributed by atoms with E-state index in [0.717, 1.165) is 5.56 Å². The van der Waals surface area contributed by atoms with Crippen molar-refractivity contribution in [2.24, 2.45) is 0 Å². The number of ketones is 1. The molecule has 1 rings (SSSR count). The molecule has 0 radical (unpaired) electrons. The lowest BCUT2D eigenvalue weighted by Crippen LogP contribution is -2.30. The smallest absolute Gasteiger partial charge is 0.179 e. The predicted octanol–water partition coefficient (Wildman–Crippen LogP) is 2.77. The van der Waals surface area contributed by atoms with Crippen LogP contribution in [0.3, 0.4) is 0 Å². The minimum atomic E-state index is -0.125. The van der Waals surface area contributed by atoms with Crippen LogP contribution < -0.4 is 5.32 Å². The molecule has 0 aromatic heterocycles. The molecule has 1 aromatic carbocycles. The number of hydrogen-bond donors (Lipinski definition) is 1. The van der Waals surface area contributed by atoms with E-state index in [2.05, 4.69) is 26.1 Å². The third-order valence-corrected chi connectivity index (χ3v) is 2.86. The minimum absolute atomic E-state index is 0.125. The van der Waals surface area contributed by atoms with Gasteiger partial charge in [0.1, 0.15) is 0 Å². The van der Waals surface area contributed by atoms with E-state index in [9.17, 15) is 4.79 Å². The fourth-order valence-corrected chi connectivity index (χ4v) is 1.52. The molecule has 1 unspecified atom stereocenters. The van der Waals surface area contributed by atoms with Crippen molar-refractivity contribution in [1.82, 2.24) is 5.32 Å². The first-order chi connectivity index (χ1) is 7.36. The van der Waals surface area contributed by atoms with Gasteiger partial charge in [0.05, 0.1) is 6.04 Å². The van der Waals surface area contributed by atoms with Crippen molar-refractivity contribution in [3.8, 4) is 0 Å². The lowest BCUT2D eigenvalue weighted by Gasteiger charge is -2.19. The number of likely N-dealkylation sites (N-methyl/N-ethyl adjacent to an activating group) is 1. The average Bonchev–Trinajstić information content (AvgIpc) is 2.26. The molecule has 1 N–H and O–H groups in total. The molecule has 0 spiro atoms. The summed E-state index contributed by atoms with van der Waals surface area (Å²) < 4.78 is 0. The summed E-state index contributed by atoms with van der Waals surface area (Å²) in [4.78, 5) is 11.9. The van der Waals surface area contributed by atoms with Crippen LogP contribution in [0, 0.1) is 0 Å². The van der Waals surface area contributed by atoms with Crippen LogP contribution in [0.5, 0.6) is 0 Å². The molecular formula is C14H21NO. The predicted molar refractivity (Wildman–Crippen MR) is 68.0 cm³/mol. The van der Waals surface area contributed by atoms with Gasteiger partial charge in [0.15, 0.2) is 5.78 Å². The first-order valence-corrected chi connectivity index (χ1v) is 5.68. The van der Waals surface area contributed by atoms with Crippen molar-refractivity contribution in [3.05, 3.63) is 35.4 Å². The van der Waals surface area contributed by atoms with Gasteiger partial charge in [0.25, 0.3) is 0 Å². The Balaban J connectivity index is 2.91. The van der Waals surface area contributed by atoms with Gasteiger partial charge in [-0.05, 0) is 24.9 Å². The highest BCUT2D eigenvalue weighted by atomic mass is 16.1. The molecule has 0 aliphatic rings. The Kier molecular flexibility index (Phi) is 3.87. The Morgan fingerprint density at radius 1 is 1.19 bits per heavy atom. The summed E-state index contributed by atoms with van der Waals surface area (Å²) in [6, 6.07) is 7.78. The van der Waals surface area contributed by atoms with Gasteiger partial charge >= 0.3 is 0 Å². The molecule has 0 saturated carbocycles. The van der Waals surface area contributed by atoms with Gasteiger partial charge in [0.2, 0.25) is 0 Å². The molecule has 0 fully saturated rings. The molecule has 2 heteroatoms. The molecule has 2 nitrogen and oxygen atoms in total. The monoisotopic (exact) mass is 219 g/mol. The number of Topliss-reactive ketones (excluding diaryl/α,β-unsaturated/α-hetero) is 1. The number of carbonyl (C=O) groups is 1. The summed E-state index contributed by atoms with van der Waals surface area (Å²) in [6.45, 7) is 8.38. The Hall–Kier alpha value is -1.15. The van der Waals surface area contributed by atoms with E-state index in [4.69, 9.17) is 0 Å². The number of benzene rings is 1. The molecule has 88 valence electrons. The van der Waals surface area contributed by atoms with Crippen molar-refractivity contribution in [3.63, 3.8) is 0 Å². The van der Waals surface area contributed by atoms with Crippen LogP contribution in [0.2, 0.25) is 0 Å². The molecule has 0 saturated heterocycles. The third kappa shape index (κ3) is 2.92. The van der Waals surface area contributed by atoms with Crippen molar-refractivity contribution in [1.29, 1.82) is 0 Å². The summed E-state index contributed by atoms with van der Waals surface area (Å²) in [5, 5.41) is 2.96. The van der Waals surface area contributed by atoms with Crippen LogP contribution in [-0.2, 0) is 5.41 Å². The van der Waals surface area contributed by atoms with E-state index in [1.807, 2.05) is 31.2 Å². The Labute approximate surface area is 98.1 Å². The number of carbonyl (C=O) groups excluding carboxylic acids is 1. The van der Waals surface area contributed by atoms with Crippen molar-refractivity contribution in [2.45, 2.75) is 39.2 Å². The second-order valence-electron chi connectivity index (χ2n) is 5.20. The second-order valence-corrected chi connectivity index (χ2v) is 5.20. The molecule has 1 atom stereocenters. The maximum Gasteiger partial charge on any atom is 0.179 e. The molecule has 1 aromatic rings. The van der Waals surface area contributed by atoms with Gasteiger partial charge < -0.3 is 5.32 Å². The van der Waals surface area contributed by atoms with Crippen LogP contribution in [0.4, 0.5) is 0 Å². The zero-order chi connectivity index (χ0) is 12.3. The zero-order valence-electron chi connectivity index (χ0n) is 10.8. The van der Waals surface area contributed by atoms with Crippen molar-refractivity contribution >= 4 is 5.78 Å². The Bertz CT molecular complexity index is 359. The van der Waals surface area contributed by atoms with E-state index in [1.165, 1.54) is 5.56 Å². The zero-order valence-corrected chi connectivity index (χ0v) is 10.8. The molecule has 0 heterocycles. The summed E-state index contributed by atoms with van der Waals surface area (Å²) >= 11 is 0. The fraction of sp³-hybridized carbons (Fsp3) is 0.500. The highest BCUT2D eigenvalue weighted by Crippen LogP contribution is 2.22. The Morgan fingerprint density at radius 2 is 1.69 bits per heavy atom. The van der Waals surface area contributed by atoms with Gasteiger partial charge in [-0.2, -0.15) is 0 Å². The standard InChI is InChI=1S/C14H21NO/c1-10(15-5)13(16)11-6-8-12(9-7-11)14(2,3)4/h6-10,15H,1-5H3. The number of nitrogens with one attached hydrogen (secondary N) is 1. The summed E-state index contributed by atoms with van der Waals surface area (Å²) in [5.74, 6) is 0.142. The third-order valence-electron chi connectivity index (χ3n) is 2.86. The molecule has 0 bridgehead atoms. The number of rotatable bonds is 3. The lowest BCUT2D eigenvalue weighted by molar-refractivity contribution is 0.0955. The molecule has 0 aliphatic heterocycles. The van der Waals surface area contributed by atoms with E-state index < -0.39 is 0 Å². The van der Waals surface area contributed by atoms with E-state index in [-0.39, 0.29) is 17.2 Å². The highest BCUT2D eigenvalue weighted by Gasteiger charge is 2.16. The van der Waals surface area contributed by atoms with Crippen LogP contribution in [0.15, 0.2) is 24.3 Å². The van der Waals surface area contributed by atoms with Gasteiger partial charge in [-0.15, -0.1) is 0 Å². The van der Waals surface area contributed by atoms with Gasteiger partial charge in [-0.25, -0.2) is 0 Å². The lowest BCUT2D eigenvalue weighted by atomic mass is 9.86. The maximum absolute atomic E-state index is 11.9. The molecule has 0 aliphatic carbocycles. The largest absolute Gasteiger partial charge is 0.310 e. The van der Waals surface area contributed by atoms with E-state index >= 15 is 0 Å². The van der Waals surface area contributed by atoms with Crippen LogP contribution >= 0.6 is 0 Å². The average molecular weight is 219 g/mol. The van der Waals surface area contributed by atoms with E-state index in [1.54, 1.807) is 7.05 Å². The maximum atomic E-state index is 11.9. The second kappa shape index (κ2) is 4.79. The fourth-order valence-electron chi connectivity index (χ4n) is 1.52. The van der Waals surface area contributed by atoms with Crippen molar-refractivity contribution < 1.29 is 4.79 Å². The normalized spacial score (nSPS) is 13.6. The van der Waals surface area contributed by atoms with Gasteiger partial charge in [-0.3, -0.25) is 4.79 Å². The first-order valence-electron chi connectivity index (χ1n) is 5.68. The summed E-state index contributed by atoms with van der Waals surface area (Å²) in [5.41, 5.74) is 2.16. The first kappa shape index (κ1) is 12.9. The molecular weight excluding hydrogens is 198 g/mol. The van der Waals surface area contributed by atoms with Gasteiger partial charge in [-0.1, -0.05) is 45.0 Å². The minimum Gasteiger partial charge on any atom is -0.310 e. The van der Waals surface area contributed by atoms with Gasteiger partial charge in [0, 0.05) is 5.56 Å². The van der Waals surface area contributed by atoms with Crippen LogP contribution in [0.25, 0.3) is 0 Å². The van der Waals surface area contributed by atoms with E-state index in [0.29, 0.717) is 0 Å². The molecule has 0 amide bonds. The van der Waals surface area contributed by atoms with Crippen LogP contribution in [-0.4, -0.2) is 18.9 Å². The number of hydrogen-bond acceptors (Lipinski definition) is 2. The van der Waals surface area contributed by atoms with Crippen molar-refractivity contribution in [2.75, 3.05) is 7.05 Å². The van der Waals surface area contributed by atoms with Crippen LogP contribution in [0.1, 0.15) is 43.6 Å².